The van der Waals surface area contributed by atoms with Gasteiger partial charge >= 0.3 is 0 Å². The van der Waals surface area contributed by atoms with Gasteiger partial charge in [0.1, 0.15) is 6.73 Å². The van der Waals surface area contributed by atoms with E-state index in [1.807, 2.05) is 54.6 Å². The highest BCUT2D eigenvalue weighted by molar-refractivity contribution is 9.10. The molecule has 5 nitrogen and oxygen atoms in total. The molecule has 21 heavy (non-hydrogen) atoms. The Morgan fingerprint density at radius 3 is 2.57 bits per heavy atom. The van der Waals surface area contributed by atoms with Gasteiger partial charge in [0.15, 0.2) is 5.82 Å². The molecule has 0 N–H and O–H groups in total. The third kappa shape index (κ3) is 3.34. The number of halogens is 1. The molecule has 0 radical (unpaired) electrons. The molecule has 0 bridgehead atoms. The first-order valence-corrected chi connectivity index (χ1v) is 7.26. The first-order valence-electron chi connectivity index (χ1n) is 6.47. The number of rotatable bonds is 5. The number of aromatic nitrogens is 4. The van der Waals surface area contributed by atoms with Crippen molar-refractivity contribution >= 4 is 15.9 Å². The zero-order chi connectivity index (χ0) is 14.5. The summed E-state index contributed by atoms with van der Waals surface area (Å²) in [6.45, 7) is 0.828. The highest BCUT2D eigenvalue weighted by Crippen LogP contribution is 2.25. The van der Waals surface area contributed by atoms with E-state index in [1.165, 1.54) is 0 Å². The Morgan fingerprint density at radius 2 is 1.76 bits per heavy atom. The van der Waals surface area contributed by atoms with Gasteiger partial charge in [0, 0.05) is 10.0 Å². The summed E-state index contributed by atoms with van der Waals surface area (Å²) in [6, 6.07) is 17.8. The maximum Gasteiger partial charge on any atom is 0.185 e. The molecule has 0 unspecified atom stereocenters. The van der Waals surface area contributed by atoms with E-state index >= 15 is 0 Å². The van der Waals surface area contributed by atoms with Crippen LogP contribution in [-0.4, -0.2) is 20.2 Å². The Balaban J connectivity index is 1.70. The normalized spacial score (nSPS) is 10.7. The molecular weight excluding hydrogens is 332 g/mol. The number of benzene rings is 2. The molecule has 0 amide bonds. The SMILES string of the molecule is Brc1ccccc1-c1nnnn1COCc1ccccc1. The van der Waals surface area contributed by atoms with E-state index in [0.29, 0.717) is 19.2 Å². The second-order valence-corrected chi connectivity index (χ2v) is 5.30. The standard InChI is InChI=1S/C15H13BrN4O/c16-14-9-5-4-8-13(14)15-17-18-19-20(15)11-21-10-12-6-2-1-3-7-12/h1-9H,10-11H2. The Labute approximate surface area is 130 Å². The molecule has 0 saturated carbocycles. The summed E-state index contributed by atoms with van der Waals surface area (Å²) in [5.74, 6) is 0.676. The molecule has 3 aromatic rings. The molecule has 0 aliphatic rings. The maximum atomic E-state index is 5.67. The van der Waals surface area contributed by atoms with Crippen LogP contribution in [0.25, 0.3) is 11.4 Å². The Morgan fingerprint density at radius 1 is 1.00 bits per heavy atom. The van der Waals surface area contributed by atoms with Gasteiger partial charge in [0.2, 0.25) is 0 Å². The molecule has 0 spiro atoms. The first kappa shape index (κ1) is 13.9. The van der Waals surface area contributed by atoms with Gasteiger partial charge in [0.25, 0.3) is 0 Å². The highest BCUT2D eigenvalue weighted by atomic mass is 79.9. The fraction of sp³-hybridized carbons (Fsp3) is 0.133. The number of hydrogen-bond acceptors (Lipinski definition) is 4. The second-order valence-electron chi connectivity index (χ2n) is 4.45. The van der Waals surface area contributed by atoms with E-state index in [-0.39, 0.29) is 0 Å². The third-order valence-electron chi connectivity index (χ3n) is 2.97. The molecule has 1 aromatic heterocycles. The Kier molecular flexibility index (Phi) is 4.37. The van der Waals surface area contributed by atoms with Crippen LogP contribution in [0.2, 0.25) is 0 Å². The van der Waals surface area contributed by atoms with Crippen LogP contribution in [0, 0.1) is 0 Å². The van der Waals surface area contributed by atoms with Crippen LogP contribution in [-0.2, 0) is 18.1 Å². The molecule has 6 heteroatoms. The zero-order valence-electron chi connectivity index (χ0n) is 11.2. The van der Waals surface area contributed by atoms with Crippen LogP contribution < -0.4 is 0 Å². The van der Waals surface area contributed by atoms with Crippen molar-refractivity contribution in [2.75, 3.05) is 0 Å². The molecule has 1 heterocycles. The summed E-state index contributed by atoms with van der Waals surface area (Å²) < 4.78 is 8.26. The van der Waals surface area contributed by atoms with Crippen molar-refractivity contribution in [2.24, 2.45) is 0 Å². The van der Waals surface area contributed by atoms with Crippen molar-refractivity contribution in [3.05, 3.63) is 64.6 Å². The minimum atomic E-state index is 0.304. The van der Waals surface area contributed by atoms with E-state index in [4.69, 9.17) is 4.74 Å². The lowest BCUT2D eigenvalue weighted by Crippen LogP contribution is -2.07. The van der Waals surface area contributed by atoms with Crippen LogP contribution in [0.3, 0.4) is 0 Å². The topological polar surface area (TPSA) is 52.8 Å². The lowest BCUT2D eigenvalue weighted by Gasteiger charge is -2.07. The number of nitrogens with zero attached hydrogens (tertiary/aromatic N) is 4. The van der Waals surface area contributed by atoms with Gasteiger partial charge in [-0.1, -0.05) is 58.4 Å². The van der Waals surface area contributed by atoms with Crippen molar-refractivity contribution in [3.8, 4) is 11.4 Å². The quantitative estimate of drug-likeness (QED) is 0.712. The van der Waals surface area contributed by atoms with E-state index in [2.05, 4.69) is 31.5 Å². The van der Waals surface area contributed by atoms with Crippen LogP contribution in [0.15, 0.2) is 59.1 Å². The minimum Gasteiger partial charge on any atom is -0.354 e. The molecule has 0 aliphatic heterocycles. The molecular formula is C15H13BrN4O. The summed E-state index contributed by atoms with van der Waals surface area (Å²) in [5.41, 5.74) is 2.05. The molecule has 0 aliphatic carbocycles. The predicted molar refractivity (Wildman–Crippen MR) is 82.2 cm³/mol. The maximum absolute atomic E-state index is 5.67. The summed E-state index contributed by atoms with van der Waals surface area (Å²) in [6.07, 6.45) is 0. The van der Waals surface area contributed by atoms with Gasteiger partial charge in [-0.15, -0.1) is 5.10 Å². The fourth-order valence-corrected chi connectivity index (χ4v) is 2.41. The van der Waals surface area contributed by atoms with Crippen molar-refractivity contribution in [1.29, 1.82) is 0 Å². The summed E-state index contributed by atoms with van der Waals surface area (Å²) in [5, 5.41) is 11.8. The molecule has 106 valence electrons. The number of ether oxygens (including phenoxy) is 1. The van der Waals surface area contributed by atoms with Crippen LogP contribution in [0.1, 0.15) is 5.56 Å². The van der Waals surface area contributed by atoms with Gasteiger partial charge in [0.05, 0.1) is 6.61 Å². The predicted octanol–water partition coefficient (Wildman–Crippen LogP) is 3.28. The lowest BCUT2D eigenvalue weighted by atomic mass is 10.2. The monoisotopic (exact) mass is 344 g/mol. The number of tetrazole rings is 1. The van der Waals surface area contributed by atoms with E-state index in [9.17, 15) is 0 Å². The van der Waals surface area contributed by atoms with E-state index < -0.39 is 0 Å². The van der Waals surface area contributed by atoms with Gasteiger partial charge in [-0.2, -0.15) is 4.68 Å². The molecule has 0 fully saturated rings. The minimum absolute atomic E-state index is 0.304. The summed E-state index contributed by atoms with van der Waals surface area (Å²) in [4.78, 5) is 0. The zero-order valence-corrected chi connectivity index (χ0v) is 12.8. The van der Waals surface area contributed by atoms with Crippen molar-refractivity contribution in [1.82, 2.24) is 20.2 Å². The van der Waals surface area contributed by atoms with Gasteiger partial charge in [-0.3, -0.25) is 0 Å². The van der Waals surface area contributed by atoms with E-state index in [0.717, 1.165) is 15.6 Å². The summed E-state index contributed by atoms with van der Waals surface area (Å²) >= 11 is 3.51. The second kappa shape index (κ2) is 6.60. The summed E-state index contributed by atoms with van der Waals surface area (Å²) in [7, 11) is 0. The average Bonchev–Trinajstić information content (AvgIpc) is 2.97. The molecule has 0 atom stereocenters. The van der Waals surface area contributed by atoms with Crippen LogP contribution in [0.5, 0.6) is 0 Å². The average molecular weight is 345 g/mol. The van der Waals surface area contributed by atoms with E-state index in [1.54, 1.807) is 4.68 Å². The third-order valence-corrected chi connectivity index (χ3v) is 3.66. The molecule has 2 aromatic carbocycles. The Bertz CT molecular complexity index is 714. The first-order chi connectivity index (χ1) is 10.3. The lowest BCUT2D eigenvalue weighted by molar-refractivity contribution is 0.0560. The smallest absolute Gasteiger partial charge is 0.185 e. The fourth-order valence-electron chi connectivity index (χ4n) is 1.95. The Hall–Kier alpha value is -2.05. The van der Waals surface area contributed by atoms with Crippen molar-refractivity contribution < 1.29 is 4.74 Å². The van der Waals surface area contributed by atoms with Gasteiger partial charge < -0.3 is 4.74 Å². The van der Waals surface area contributed by atoms with Gasteiger partial charge in [-0.05, 0) is 28.1 Å². The van der Waals surface area contributed by atoms with Gasteiger partial charge in [-0.25, -0.2) is 0 Å². The number of hydrogen-bond donors (Lipinski definition) is 0. The highest BCUT2D eigenvalue weighted by Gasteiger charge is 2.11. The largest absolute Gasteiger partial charge is 0.354 e. The van der Waals surface area contributed by atoms with Crippen LogP contribution >= 0.6 is 15.9 Å². The molecule has 0 saturated heterocycles. The van der Waals surface area contributed by atoms with Crippen molar-refractivity contribution in [2.45, 2.75) is 13.3 Å². The van der Waals surface area contributed by atoms with Crippen LogP contribution in [0.4, 0.5) is 0 Å². The van der Waals surface area contributed by atoms with Crippen molar-refractivity contribution in [3.63, 3.8) is 0 Å². The molecule has 3 rings (SSSR count).